The summed E-state index contributed by atoms with van der Waals surface area (Å²) in [5.74, 6) is 0.346. The Labute approximate surface area is 152 Å². The zero-order valence-corrected chi connectivity index (χ0v) is 15.8. The third-order valence-corrected chi connectivity index (χ3v) is 6.35. The molecule has 2 heterocycles. The van der Waals surface area contributed by atoms with E-state index >= 15 is 0 Å². The van der Waals surface area contributed by atoms with Gasteiger partial charge in [-0.15, -0.1) is 0 Å². The van der Waals surface area contributed by atoms with Gasteiger partial charge in [0.2, 0.25) is 0 Å². The maximum Gasteiger partial charge on any atom is 0.117 e. The molecule has 2 aliphatic heterocycles. The molecule has 2 aliphatic rings. The minimum Gasteiger partial charge on any atom is -0.508 e. The van der Waals surface area contributed by atoms with E-state index in [0.717, 1.165) is 30.4 Å². The van der Waals surface area contributed by atoms with Crippen molar-refractivity contribution >= 4 is 21.6 Å². The SMILES string of the molecule is CN1c2c(Br)cc(O)cc2C2(C)CCN(CCc3ccccc3)C12. The van der Waals surface area contributed by atoms with E-state index in [0.29, 0.717) is 11.9 Å². The Morgan fingerprint density at radius 1 is 1.25 bits per heavy atom. The molecule has 1 saturated heterocycles. The second kappa shape index (κ2) is 5.78. The molecular formula is C20H23BrN2O. The van der Waals surface area contributed by atoms with Gasteiger partial charge >= 0.3 is 0 Å². The number of anilines is 1. The largest absolute Gasteiger partial charge is 0.508 e. The zero-order chi connectivity index (χ0) is 16.9. The number of aromatic hydroxyl groups is 1. The molecule has 2 aromatic rings. The second-order valence-corrected chi connectivity index (χ2v) is 8.10. The Bertz CT molecular complexity index is 764. The van der Waals surface area contributed by atoms with Gasteiger partial charge in [-0.05, 0) is 52.0 Å². The van der Waals surface area contributed by atoms with Crippen molar-refractivity contribution in [3.05, 3.63) is 58.1 Å². The number of phenols is 1. The summed E-state index contributed by atoms with van der Waals surface area (Å²) in [6.45, 7) is 4.51. The van der Waals surface area contributed by atoms with Gasteiger partial charge in [-0.3, -0.25) is 4.90 Å². The molecule has 0 saturated carbocycles. The summed E-state index contributed by atoms with van der Waals surface area (Å²) in [6, 6.07) is 14.5. The Hall–Kier alpha value is -1.52. The van der Waals surface area contributed by atoms with Crippen molar-refractivity contribution in [1.29, 1.82) is 0 Å². The quantitative estimate of drug-likeness (QED) is 0.858. The number of likely N-dealkylation sites (tertiary alicyclic amines) is 1. The average Bonchev–Trinajstić information content (AvgIpc) is 3.00. The van der Waals surface area contributed by atoms with Gasteiger partial charge in [-0.1, -0.05) is 37.3 Å². The molecule has 2 aromatic carbocycles. The highest BCUT2D eigenvalue weighted by molar-refractivity contribution is 9.10. The molecule has 2 atom stereocenters. The topological polar surface area (TPSA) is 26.7 Å². The first kappa shape index (κ1) is 16.0. The molecule has 0 bridgehead atoms. The van der Waals surface area contributed by atoms with Crippen LogP contribution in [0.15, 0.2) is 46.9 Å². The van der Waals surface area contributed by atoms with Crippen molar-refractivity contribution in [2.75, 3.05) is 25.0 Å². The molecule has 4 rings (SSSR count). The van der Waals surface area contributed by atoms with Crippen LogP contribution >= 0.6 is 15.9 Å². The summed E-state index contributed by atoms with van der Waals surface area (Å²) >= 11 is 3.65. The van der Waals surface area contributed by atoms with Crippen LogP contribution in [-0.4, -0.2) is 36.3 Å². The van der Waals surface area contributed by atoms with Gasteiger partial charge in [0, 0.05) is 30.0 Å². The molecule has 24 heavy (non-hydrogen) atoms. The average molecular weight is 387 g/mol. The van der Waals surface area contributed by atoms with E-state index in [9.17, 15) is 5.11 Å². The fourth-order valence-electron chi connectivity index (χ4n) is 4.63. The number of benzene rings is 2. The zero-order valence-electron chi connectivity index (χ0n) is 14.2. The lowest BCUT2D eigenvalue weighted by Crippen LogP contribution is -2.47. The predicted octanol–water partition coefficient (Wildman–Crippen LogP) is 4.14. The summed E-state index contributed by atoms with van der Waals surface area (Å²) in [6.07, 6.45) is 2.55. The first-order valence-electron chi connectivity index (χ1n) is 8.54. The summed E-state index contributed by atoms with van der Waals surface area (Å²) in [4.78, 5) is 4.98. The van der Waals surface area contributed by atoms with E-state index < -0.39 is 0 Å². The van der Waals surface area contributed by atoms with Crippen molar-refractivity contribution in [1.82, 2.24) is 4.90 Å². The molecule has 4 heteroatoms. The third kappa shape index (κ3) is 2.35. The predicted molar refractivity (Wildman–Crippen MR) is 102 cm³/mol. The van der Waals surface area contributed by atoms with E-state index in [1.807, 2.05) is 6.07 Å². The van der Waals surface area contributed by atoms with Crippen LogP contribution in [0.5, 0.6) is 5.75 Å². The molecule has 126 valence electrons. The number of rotatable bonds is 3. The minimum atomic E-state index is 0.0715. The second-order valence-electron chi connectivity index (χ2n) is 7.25. The lowest BCUT2D eigenvalue weighted by atomic mass is 9.81. The third-order valence-electron chi connectivity index (χ3n) is 5.75. The Kier molecular flexibility index (Phi) is 3.85. The molecule has 1 N–H and O–H groups in total. The number of fused-ring (bicyclic) bond motifs is 3. The lowest BCUT2D eigenvalue weighted by Gasteiger charge is -2.35. The molecule has 3 nitrogen and oxygen atoms in total. The van der Waals surface area contributed by atoms with Gasteiger partial charge < -0.3 is 10.0 Å². The van der Waals surface area contributed by atoms with Gasteiger partial charge in [-0.25, -0.2) is 0 Å². The molecular weight excluding hydrogens is 364 g/mol. The Balaban J connectivity index is 1.62. The van der Waals surface area contributed by atoms with E-state index in [2.05, 4.69) is 70.0 Å². The van der Waals surface area contributed by atoms with Gasteiger partial charge in [0.25, 0.3) is 0 Å². The van der Waals surface area contributed by atoms with E-state index in [1.165, 1.54) is 16.8 Å². The first-order valence-corrected chi connectivity index (χ1v) is 9.34. The number of hydrogen-bond acceptors (Lipinski definition) is 3. The van der Waals surface area contributed by atoms with Gasteiger partial charge in [-0.2, -0.15) is 0 Å². The molecule has 1 fully saturated rings. The molecule has 0 aliphatic carbocycles. The summed E-state index contributed by atoms with van der Waals surface area (Å²) in [5.41, 5.74) is 3.96. The normalized spacial score (nSPS) is 25.8. The van der Waals surface area contributed by atoms with Crippen LogP contribution in [0.2, 0.25) is 0 Å². The highest BCUT2D eigenvalue weighted by Gasteiger charge is 2.53. The molecule has 0 aromatic heterocycles. The molecule has 0 radical (unpaired) electrons. The maximum absolute atomic E-state index is 10.1. The van der Waals surface area contributed by atoms with Crippen molar-refractivity contribution in [2.24, 2.45) is 0 Å². The van der Waals surface area contributed by atoms with Crippen LogP contribution in [-0.2, 0) is 11.8 Å². The standard InChI is InChI=1S/C20H23BrN2O/c1-20-9-11-23(10-8-14-6-4-3-5-7-14)19(20)22(2)18-16(20)12-15(24)13-17(18)21/h3-7,12-13,19,24H,8-11H2,1-2H3. The smallest absolute Gasteiger partial charge is 0.117 e. The number of hydrogen-bond donors (Lipinski definition) is 1. The van der Waals surface area contributed by atoms with Crippen molar-refractivity contribution < 1.29 is 5.11 Å². The van der Waals surface area contributed by atoms with E-state index in [4.69, 9.17) is 0 Å². The van der Waals surface area contributed by atoms with Crippen molar-refractivity contribution in [2.45, 2.75) is 31.3 Å². The van der Waals surface area contributed by atoms with E-state index in [1.54, 1.807) is 6.07 Å². The molecule has 2 unspecified atom stereocenters. The van der Waals surface area contributed by atoms with E-state index in [-0.39, 0.29) is 5.41 Å². The van der Waals surface area contributed by atoms with Crippen LogP contribution < -0.4 is 4.90 Å². The maximum atomic E-state index is 10.1. The number of likely N-dealkylation sites (N-methyl/N-ethyl adjacent to an activating group) is 1. The Morgan fingerprint density at radius 3 is 2.75 bits per heavy atom. The molecule has 0 amide bonds. The van der Waals surface area contributed by atoms with Gasteiger partial charge in [0.1, 0.15) is 5.75 Å². The van der Waals surface area contributed by atoms with Gasteiger partial charge in [0.15, 0.2) is 0 Å². The van der Waals surface area contributed by atoms with Crippen LogP contribution in [0.25, 0.3) is 0 Å². The number of halogens is 1. The first-order chi connectivity index (χ1) is 11.5. The highest BCUT2D eigenvalue weighted by atomic mass is 79.9. The summed E-state index contributed by atoms with van der Waals surface area (Å²) in [7, 11) is 2.18. The summed E-state index contributed by atoms with van der Waals surface area (Å²) < 4.78 is 0.985. The van der Waals surface area contributed by atoms with Crippen molar-refractivity contribution in [3.63, 3.8) is 0 Å². The monoisotopic (exact) mass is 386 g/mol. The Morgan fingerprint density at radius 2 is 2.00 bits per heavy atom. The number of phenolic OH excluding ortho intramolecular Hbond substituents is 1. The van der Waals surface area contributed by atoms with Gasteiger partial charge in [0.05, 0.1) is 11.9 Å². The van der Waals surface area contributed by atoms with Crippen molar-refractivity contribution in [3.8, 4) is 5.75 Å². The van der Waals surface area contributed by atoms with Crippen LogP contribution in [0, 0.1) is 0 Å². The minimum absolute atomic E-state index is 0.0715. The fourth-order valence-corrected chi connectivity index (χ4v) is 5.36. The fraction of sp³-hybridized carbons (Fsp3) is 0.400. The lowest BCUT2D eigenvalue weighted by molar-refractivity contribution is 0.226. The van der Waals surface area contributed by atoms with Crippen LogP contribution in [0.1, 0.15) is 24.5 Å². The highest BCUT2D eigenvalue weighted by Crippen LogP contribution is 2.54. The van der Waals surface area contributed by atoms with Crippen LogP contribution in [0.3, 0.4) is 0 Å². The summed E-state index contributed by atoms with van der Waals surface area (Å²) in [5, 5.41) is 10.1. The van der Waals surface area contributed by atoms with Crippen LogP contribution in [0.4, 0.5) is 5.69 Å². The molecule has 0 spiro atoms. The number of nitrogens with zero attached hydrogens (tertiary/aromatic N) is 2.